The Bertz CT molecular complexity index is 454. The first-order chi connectivity index (χ1) is 7.20. The van der Waals surface area contributed by atoms with Gasteiger partial charge in [0.1, 0.15) is 0 Å². The Morgan fingerprint density at radius 3 is 2.87 bits per heavy atom. The molecular weight excluding hydrogens is 190 g/mol. The molecule has 0 aliphatic heterocycles. The Balaban J connectivity index is 2.42. The molecule has 0 radical (unpaired) electrons. The summed E-state index contributed by atoms with van der Waals surface area (Å²) in [5.74, 6) is 1.72. The SMILES string of the molecule is CCNc1nc(C)cn1-c1ccn(C)n1. The van der Waals surface area contributed by atoms with Crippen molar-refractivity contribution in [3.63, 3.8) is 0 Å². The molecular formula is C10H15N5. The molecule has 0 unspecified atom stereocenters. The van der Waals surface area contributed by atoms with Crippen LogP contribution in [0.1, 0.15) is 12.6 Å². The molecule has 15 heavy (non-hydrogen) atoms. The maximum absolute atomic E-state index is 4.39. The summed E-state index contributed by atoms with van der Waals surface area (Å²) in [5.41, 5.74) is 0.983. The number of nitrogens with zero attached hydrogens (tertiary/aromatic N) is 4. The van der Waals surface area contributed by atoms with Gasteiger partial charge in [-0.3, -0.25) is 9.25 Å². The number of imidazole rings is 1. The second-order valence-corrected chi connectivity index (χ2v) is 3.45. The zero-order valence-corrected chi connectivity index (χ0v) is 9.23. The number of aryl methyl sites for hydroxylation is 2. The molecule has 0 bridgehead atoms. The fourth-order valence-corrected chi connectivity index (χ4v) is 1.49. The highest BCUT2D eigenvalue weighted by Crippen LogP contribution is 2.14. The maximum Gasteiger partial charge on any atom is 0.208 e. The van der Waals surface area contributed by atoms with E-state index in [-0.39, 0.29) is 0 Å². The Kier molecular flexibility index (Phi) is 2.45. The molecule has 0 aromatic carbocycles. The Hall–Kier alpha value is -1.78. The van der Waals surface area contributed by atoms with Gasteiger partial charge in [0.2, 0.25) is 5.95 Å². The molecule has 80 valence electrons. The number of aromatic nitrogens is 4. The summed E-state index contributed by atoms with van der Waals surface area (Å²) in [6, 6.07) is 1.96. The van der Waals surface area contributed by atoms with Crippen LogP contribution >= 0.6 is 0 Å². The molecule has 2 aromatic rings. The first-order valence-electron chi connectivity index (χ1n) is 5.00. The molecule has 2 heterocycles. The summed E-state index contributed by atoms with van der Waals surface area (Å²) in [6.45, 7) is 4.87. The van der Waals surface area contributed by atoms with Gasteiger partial charge in [-0.2, -0.15) is 5.10 Å². The van der Waals surface area contributed by atoms with E-state index in [9.17, 15) is 0 Å². The van der Waals surface area contributed by atoms with E-state index in [1.165, 1.54) is 0 Å². The van der Waals surface area contributed by atoms with Crippen molar-refractivity contribution in [2.24, 2.45) is 7.05 Å². The van der Waals surface area contributed by atoms with Gasteiger partial charge in [0.05, 0.1) is 5.69 Å². The van der Waals surface area contributed by atoms with Crippen molar-refractivity contribution in [1.29, 1.82) is 0 Å². The molecule has 0 aliphatic rings. The summed E-state index contributed by atoms with van der Waals surface area (Å²) in [5, 5.41) is 7.54. The van der Waals surface area contributed by atoms with Crippen LogP contribution in [0.25, 0.3) is 5.82 Å². The van der Waals surface area contributed by atoms with E-state index >= 15 is 0 Å². The third-order valence-electron chi connectivity index (χ3n) is 2.11. The van der Waals surface area contributed by atoms with Crippen LogP contribution in [0.5, 0.6) is 0 Å². The molecule has 2 rings (SSSR count). The largest absolute Gasteiger partial charge is 0.356 e. The van der Waals surface area contributed by atoms with E-state index in [0.29, 0.717) is 0 Å². The van der Waals surface area contributed by atoms with Crippen molar-refractivity contribution in [2.75, 3.05) is 11.9 Å². The fourth-order valence-electron chi connectivity index (χ4n) is 1.49. The predicted octanol–water partition coefficient (Wildman–Crippen LogP) is 1.35. The predicted molar refractivity (Wildman–Crippen MR) is 59.2 cm³/mol. The number of anilines is 1. The molecule has 0 fully saturated rings. The second kappa shape index (κ2) is 3.76. The van der Waals surface area contributed by atoms with Crippen LogP contribution in [0.4, 0.5) is 5.95 Å². The van der Waals surface area contributed by atoms with Gasteiger partial charge in [0.15, 0.2) is 5.82 Å². The number of rotatable bonds is 3. The fraction of sp³-hybridized carbons (Fsp3) is 0.400. The van der Waals surface area contributed by atoms with E-state index in [1.54, 1.807) is 4.68 Å². The lowest BCUT2D eigenvalue weighted by atomic mass is 10.5. The Morgan fingerprint density at radius 1 is 1.47 bits per heavy atom. The molecule has 0 amide bonds. The lowest BCUT2D eigenvalue weighted by Crippen LogP contribution is -2.05. The van der Waals surface area contributed by atoms with Gasteiger partial charge in [-0.05, 0) is 13.8 Å². The maximum atomic E-state index is 4.39. The van der Waals surface area contributed by atoms with Crippen molar-refractivity contribution < 1.29 is 0 Å². The smallest absolute Gasteiger partial charge is 0.208 e. The molecule has 1 N–H and O–H groups in total. The molecule has 0 atom stereocenters. The van der Waals surface area contributed by atoms with Crippen molar-refractivity contribution in [1.82, 2.24) is 19.3 Å². The standard InChI is InChI=1S/C10H15N5/c1-4-11-10-12-8(2)7-15(10)9-5-6-14(3)13-9/h5-7H,4H2,1-3H3,(H,11,12). The van der Waals surface area contributed by atoms with E-state index in [1.807, 2.05) is 43.9 Å². The molecule has 0 aliphatic carbocycles. The molecule has 0 spiro atoms. The van der Waals surface area contributed by atoms with Crippen molar-refractivity contribution in [3.05, 3.63) is 24.2 Å². The van der Waals surface area contributed by atoms with Crippen LogP contribution < -0.4 is 5.32 Å². The Labute approximate surface area is 88.7 Å². The lowest BCUT2D eigenvalue weighted by Gasteiger charge is -2.04. The highest BCUT2D eigenvalue weighted by molar-refractivity contribution is 5.38. The minimum Gasteiger partial charge on any atom is -0.356 e. The van der Waals surface area contributed by atoms with Crippen LogP contribution in [-0.2, 0) is 7.05 Å². The molecule has 0 saturated carbocycles. The minimum absolute atomic E-state index is 0.841. The first kappa shape index (κ1) is 9.76. The molecule has 2 aromatic heterocycles. The third-order valence-corrected chi connectivity index (χ3v) is 2.11. The van der Waals surface area contributed by atoms with Gasteiger partial charge < -0.3 is 5.32 Å². The molecule has 0 saturated heterocycles. The normalized spacial score (nSPS) is 10.6. The highest BCUT2D eigenvalue weighted by atomic mass is 15.3. The van der Waals surface area contributed by atoms with E-state index in [4.69, 9.17) is 0 Å². The molecule has 5 nitrogen and oxygen atoms in total. The number of hydrogen-bond donors (Lipinski definition) is 1. The van der Waals surface area contributed by atoms with Crippen LogP contribution in [0.2, 0.25) is 0 Å². The number of nitrogens with one attached hydrogen (secondary N) is 1. The van der Waals surface area contributed by atoms with Gasteiger partial charge in [-0.25, -0.2) is 4.98 Å². The van der Waals surface area contributed by atoms with Crippen molar-refractivity contribution in [3.8, 4) is 5.82 Å². The van der Waals surface area contributed by atoms with Gasteiger partial charge in [0, 0.05) is 32.1 Å². The first-order valence-corrected chi connectivity index (χ1v) is 5.00. The monoisotopic (exact) mass is 205 g/mol. The topological polar surface area (TPSA) is 47.7 Å². The Morgan fingerprint density at radius 2 is 2.27 bits per heavy atom. The summed E-state index contributed by atoms with van der Waals surface area (Å²) >= 11 is 0. The zero-order chi connectivity index (χ0) is 10.8. The number of hydrogen-bond acceptors (Lipinski definition) is 3. The molecule has 5 heteroatoms. The van der Waals surface area contributed by atoms with Gasteiger partial charge in [0.25, 0.3) is 0 Å². The van der Waals surface area contributed by atoms with Crippen LogP contribution in [0.15, 0.2) is 18.5 Å². The quantitative estimate of drug-likeness (QED) is 0.822. The summed E-state index contributed by atoms with van der Waals surface area (Å²) in [4.78, 5) is 4.39. The average molecular weight is 205 g/mol. The van der Waals surface area contributed by atoms with E-state index < -0.39 is 0 Å². The second-order valence-electron chi connectivity index (χ2n) is 3.45. The minimum atomic E-state index is 0.841. The highest BCUT2D eigenvalue weighted by Gasteiger charge is 2.08. The van der Waals surface area contributed by atoms with Crippen molar-refractivity contribution >= 4 is 5.95 Å². The van der Waals surface area contributed by atoms with Crippen LogP contribution in [0, 0.1) is 6.92 Å². The average Bonchev–Trinajstić information content (AvgIpc) is 2.73. The van der Waals surface area contributed by atoms with Gasteiger partial charge >= 0.3 is 0 Å². The van der Waals surface area contributed by atoms with Crippen LogP contribution in [0.3, 0.4) is 0 Å². The third kappa shape index (κ3) is 1.86. The van der Waals surface area contributed by atoms with Crippen molar-refractivity contribution in [2.45, 2.75) is 13.8 Å². The van der Waals surface area contributed by atoms with E-state index in [2.05, 4.69) is 15.4 Å². The van der Waals surface area contributed by atoms with Crippen LogP contribution in [-0.4, -0.2) is 25.9 Å². The van der Waals surface area contributed by atoms with E-state index in [0.717, 1.165) is 24.0 Å². The summed E-state index contributed by atoms with van der Waals surface area (Å²) in [7, 11) is 1.90. The lowest BCUT2D eigenvalue weighted by molar-refractivity contribution is 0.751. The van der Waals surface area contributed by atoms with Gasteiger partial charge in [-0.1, -0.05) is 0 Å². The van der Waals surface area contributed by atoms with Gasteiger partial charge in [-0.15, -0.1) is 0 Å². The summed E-state index contributed by atoms with van der Waals surface area (Å²) in [6.07, 6.45) is 3.89. The summed E-state index contributed by atoms with van der Waals surface area (Å²) < 4.78 is 3.74. The zero-order valence-electron chi connectivity index (χ0n) is 9.23.